The highest BCUT2D eigenvalue weighted by Crippen LogP contribution is 2.66. The number of hydrogen-bond acceptors (Lipinski definition) is 5. The predicted octanol–water partition coefficient (Wildman–Crippen LogP) is 3.44. The van der Waals surface area contributed by atoms with Crippen LogP contribution >= 0.6 is 0 Å². The second-order valence-electron chi connectivity index (χ2n) is 9.84. The van der Waals surface area contributed by atoms with E-state index < -0.39 is 17.5 Å². The molecule has 0 spiro atoms. The zero-order valence-electron chi connectivity index (χ0n) is 17.2. The van der Waals surface area contributed by atoms with Crippen LogP contribution in [0.15, 0.2) is 11.6 Å². The molecule has 7 atom stereocenters. The van der Waals surface area contributed by atoms with Crippen LogP contribution in [0.4, 0.5) is 0 Å². The molecule has 28 heavy (non-hydrogen) atoms. The van der Waals surface area contributed by atoms with Crippen LogP contribution in [-0.4, -0.2) is 29.4 Å². The molecule has 3 fully saturated rings. The molecule has 4 aliphatic carbocycles. The number of fused-ring (bicyclic) bond motifs is 5. The first kappa shape index (κ1) is 19.5. The van der Waals surface area contributed by atoms with Crippen LogP contribution in [0.1, 0.15) is 66.2 Å². The summed E-state index contributed by atoms with van der Waals surface area (Å²) < 4.78 is 5.67. The standard InChI is InChI=1S/C23H30O5/c1-12(24)17-7-8-18-16-6-5-14-11-15(26)9-10-22(14,3)19(16)20(27)21(23(17,18)4)28-13(2)25/h11,16-19,21H,5-10H2,1-4H3/t16-,17+,18-,19+,21-,22-,23+/m0/s1. The van der Waals surface area contributed by atoms with Gasteiger partial charge in [0.2, 0.25) is 0 Å². The molecule has 152 valence electrons. The summed E-state index contributed by atoms with van der Waals surface area (Å²) in [5.41, 5.74) is 0.115. The Morgan fingerprint density at radius 1 is 1.07 bits per heavy atom. The van der Waals surface area contributed by atoms with E-state index in [1.165, 1.54) is 6.92 Å². The van der Waals surface area contributed by atoms with Crippen molar-refractivity contribution >= 4 is 23.3 Å². The van der Waals surface area contributed by atoms with E-state index in [-0.39, 0.29) is 46.4 Å². The number of hydrogen-bond donors (Lipinski definition) is 0. The van der Waals surface area contributed by atoms with E-state index in [9.17, 15) is 19.2 Å². The number of esters is 1. The van der Waals surface area contributed by atoms with Crippen LogP contribution in [0.5, 0.6) is 0 Å². The molecular formula is C23H30O5. The van der Waals surface area contributed by atoms with Crippen molar-refractivity contribution in [1.82, 2.24) is 0 Å². The molecule has 0 amide bonds. The van der Waals surface area contributed by atoms with Crippen molar-refractivity contribution in [2.24, 2.45) is 34.5 Å². The van der Waals surface area contributed by atoms with E-state index >= 15 is 0 Å². The molecular weight excluding hydrogens is 356 g/mol. The van der Waals surface area contributed by atoms with Gasteiger partial charge in [0.25, 0.3) is 0 Å². The molecule has 0 bridgehead atoms. The molecule has 0 N–H and O–H groups in total. The molecule has 4 aliphatic rings. The SMILES string of the molecule is CC(=O)O[C@H]1C(=O)[C@H]2[C@@H](CCC3=CC(=O)CC[C@@]32C)[C@@H]2CC[C@H](C(C)=O)[C@@]12C. The Morgan fingerprint density at radius 2 is 1.79 bits per heavy atom. The van der Waals surface area contributed by atoms with Crippen LogP contribution in [0.3, 0.4) is 0 Å². The summed E-state index contributed by atoms with van der Waals surface area (Å²) in [6.07, 6.45) is 5.37. The summed E-state index contributed by atoms with van der Waals surface area (Å²) >= 11 is 0. The van der Waals surface area contributed by atoms with Crippen LogP contribution in [0.2, 0.25) is 0 Å². The van der Waals surface area contributed by atoms with Crippen molar-refractivity contribution in [3.05, 3.63) is 11.6 Å². The van der Waals surface area contributed by atoms with Crippen molar-refractivity contribution in [2.45, 2.75) is 72.3 Å². The van der Waals surface area contributed by atoms with Crippen molar-refractivity contribution in [1.29, 1.82) is 0 Å². The lowest BCUT2D eigenvalue weighted by Crippen LogP contribution is -2.63. The monoisotopic (exact) mass is 386 g/mol. The van der Waals surface area contributed by atoms with Crippen molar-refractivity contribution in [2.75, 3.05) is 0 Å². The number of carbonyl (C=O) groups is 4. The van der Waals surface area contributed by atoms with Gasteiger partial charge in [0, 0.05) is 30.6 Å². The summed E-state index contributed by atoms with van der Waals surface area (Å²) in [6, 6.07) is 0. The number of ketones is 3. The molecule has 0 aromatic rings. The molecule has 0 saturated heterocycles. The van der Waals surface area contributed by atoms with Gasteiger partial charge in [0.05, 0.1) is 0 Å². The Labute approximate surface area is 166 Å². The van der Waals surface area contributed by atoms with Gasteiger partial charge in [-0.3, -0.25) is 19.2 Å². The van der Waals surface area contributed by atoms with E-state index in [0.29, 0.717) is 12.8 Å². The third-order valence-corrected chi connectivity index (χ3v) is 8.56. The normalized spacial score (nSPS) is 44.9. The number of Topliss-reactive ketones (excluding diaryl/α,β-unsaturated/α-hetero) is 2. The van der Waals surface area contributed by atoms with Crippen LogP contribution < -0.4 is 0 Å². The minimum Gasteiger partial charge on any atom is -0.454 e. The lowest BCUT2D eigenvalue weighted by atomic mass is 9.45. The fourth-order valence-electron chi connectivity index (χ4n) is 7.35. The smallest absolute Gasteiger partial charge is 0.303 e. The summed E-state index contributed by atoms with van der Waals surface area (Å²) in [7, 11) is 0. The second kappa shape index (κ2) is 6.36. The van der Waals surface area contributed by atoms with E-state index in [2.05, 4.69) is 6.92 Å². The molecule has 5 nitrogen and oxygen atoms in total. The van der Waals surface area contributed by atoms with Crippen LogP contribution in [-0.2, 0) is 23.9 Å². The van der Waals surface area contributed by atoms with Gasteiger partial charge in [-0.15, -0.1) is 0 Å². The molecule has 4 rings (SSSR count). The van der Waals surface area contributed by atoms with Crippen molar-refractivity contribution in [3.63, 3.8) is 0 Å². The van der Waals surface area contributed by atoms with Gasteiger partial charge in [-0.05, 0) is 62.4 Å². The lowest BCUT2D eigenvalue weighted by molar-refractivity contribution is -0.186. The maximum atomic E-state index is 13.9. The summed E-state index contributed by atoms with van der Waals surface area (Å²) in [5.74, 6) is -0.393. The first-order valence-electron chi connectivity index (χ1n) is 10.6. The average molecular weight is 386 g/mol. The second-order valence-corrected chi connectivity index (χ2v) is 9.84. The Morgan fingerprint density at radius 3 is 2.43 bits per heavy atom. The number of rotatable bonds is 2. The first-order valence-corrected chi connectivity index (χ1v) is 10.6. The summed E-state index contributed by atoms with van der Waals surface area (Å²) in [4.78, 5) is 50.2. The molecule has 0 aromatic heterocycles. The maximum Gasteiger partial charge on any atom is 0.303 e. The minimum absolute atomic E-state index is 0.0328. The topological polar surface area (TPSA) is 77.5 Å². The fourth-order valence-corrected chi connectivity index (χ4v) is 7.35. The third-order valence-electron chi connectivity index (χ3n) is 8.56. The molecule has 0 aliphatic heterocycles. The molecule has 5 heteroatoms. The molecule has 0 aromatic carbocycles. The van der Waals surface area contributed by atoms with E-state index in [1.807, 2.05) is 6.92 Å². The third kappa shape index (κ3) is 2.50. The zero-order valence-corrected chi connectivity index (χ0v) is 17.2. The molecule has 0 radical (unpaired) electrons. The summed E-state index contributed by atoms with van der Waals surface area (Å²) in [5, 5.41) is 0. The van der Waals surface area contributed by atoms with Gasteiger partial charge in [0.1, 0.15) is 5.78 Å². The summed E-state index contributed by atoms with van der Waals surface area (Å²) in [6.45, 7) is 7.04. The van der Waals surface area contributed by atoms with E-state index in [0.717, 1.165) is 31.3 Å². The predicted molar refractivity (Wildman–Crippen MR) is 102 cm³/mol. The molecule has 0 heterocycles. The first-order chi connectivity index (χ1) is 13.1. The van der Waals surface area contributed by atoms with Gasteiger partial charge in [0.15, 0.2) is 17.7 Å². The van der Waals surface area contributed by atoms with Crippen LogP contribution in [0, 0.1) is 34.5 Å². The lowest BCUT2D eigenvalue weighted by Gasteiger charge is -2.58. The van der Waals surface area contributed by atoms with Crippen molar-refractivity contribution < 1.29 is 23.9 Å². The van der Waals surface area contributed by atoms with Gasteiger partial charge >= 0.3 is 5.97 Å². The van der Waals surface area contributed by atoms with E-state index in [1.54, 1.807) is 13.0 Å². The maximum absolute atomic E-state index is 13.9. The highest BCUT2D eigenvalue weighted by atomic mass is 16.5. The minimum atomic E-state index is -0.874. The number of allylic oxidation sites excluding steroid dienone is 1. The largest absolute Gasteiger partial charge is 0.454 e. The molecule has 3 saturated carbocycles. The Balaban J connectivity index is 1.83. The van der Waals surface area contributed by atoms with Gasteiger partial charge in [-0.1, -0.05) is 19.4 Å². The van der Waals surface area contributed by atoms with Gasteiger partial charge in [-0.25, -0.2) is 0 Å². The Hall–Kier alpha value is -1.78. The number of carbonyl (C=O) groups excluding carboxylic acids is 4. The average Bonchev–Trinajstić information content (AvgIpc) is 2.97. The zero-order chi connectivity index (χ0) is 20.4. The van der Waals surface area contributed by atoms with Gasteiger partial charge < -0.3 is 4.74 Å². The molecule has 0 unspecified atom stereocenters. The number of ether oxygens (including phenoxy) is 1. The quantitative estimate of drug-likeness (QED) is 0.680. The van der Waals surface area contributed by atoms with Gasteiger partial charge in [-0.2, -0.15) is 0 Å². The highest BCUT2D eigenvalue weighted by molar-refractivity contribution is 5.95. The Kier molecular flexibility index (Phi) is 4.44. The Bertz CT molecular complexity index is 795. The fraction of sp³-hybridized carbons (Fsp3) is 0.739. The van der Waals surface area contributed by atoms with Crippen molar-refractivity contribution in [3.8, 4) is 0 Å². The van der Waals surface area contributed by atoms with Crippen LogP contribution in [0.25, 0.3) is 0 Å². The van der Waals surface area contributed by atoms with E-state index in [4.69, 9.17) is 4.74 Å². The highest BCUT2D eigenvalue weighted by Gasteiger charge is 2.68.